The molecule has 1 heterocycles. The molecule has 0 spiro atoms. The van der Waals surface area contributed by atoms with Crippen LogP contribution in [0.3, 0.4) is 0 Å². The summed E-state index contributed by atoms with van der Waals surface area (Å²) in [6.07, 6.45) is 4.98. The molecule has 1 aliphatic heterocycles. The van der Waals surface area contributed by atoms with Gasteiger partial charge in [-0.05, 0) is 39.5 Å². The lowest BCUT2D eigenvalue weighted by molar-refractivity contribution is 0.0301. The zero-order chi connectivity index (χ0) is 10.6. The summed E-state index contributed by atoms with van der Waals surface area (Å²) in [5, 5.41) is 0. The largest absolute Gasteiger partial charge is 0.374 e. The summed E-state index contributed by atoms with van der Waals surface area (Å²) in [4.78, 5) is 0. The van der Waals surface area contributed by atoms with Gasteiger partial charge < -0.3 is 4.74 Å². The molecule has 3 N–H and O–H groups in total. The van der Waals surface area contributed by atoms with Crippen molar-refractivity contribution in [3.8, 4) is 0 Å². The van der Waals surface area contributed by atoms with E-state index in [0.29, 0.717) is 6.10 Å². The zero-order valence-corrected chi connectivity index (χ0v) is 9.25. The molecule has 3 nitrogen and oxygen atoms in total. The molecular weight excluding hydrogens is 176 g/mol. The second kappa shape index (κ2) is 5.49. The van der Waals surface area contributed by atoms with Crippen molar-refractivity contribution in [3.05, 3.63) is 12.2 Å². The van der Waals surface area contributed by atoms with Crippen LogP contribution in [0.25, 0.3) is 0 Å². The molecule has 0 aromatic carbocycles. The van der Waals surface area contributed by atoms with Crippen molar-refractivity contribution in [3.63, 3.8) is 0 Å². The third-order valence-electron chi connectivity index (χ3n) is 2.81. The zero-order valence-electron chi connectivity index (χ0n) is 9.25. The van der Waals surface area contributed by atoms with Crippen molar-refractivity contribution >= 4 is 0 Å². The Bertz CT molecular complexity index is 194. The van der Waals surface area contributed by atoms with Gasteiger partial charge in [-0.3, -0.25) is 11.3 Å². The minimum Gasteiger partial charge on any atom is -0.374 e. The third-order valence-corrected chi connectivity index (χ3v) is 2.81. The first-order valence-electron chi connectivity index (χ1n) is 5.39. The lowest BCUT2D eigenvalue weighted by atomic mass is 10.0. The summed E-state index contributed by atoms with van der Waals surface area (Å²) in [6, 6.07) is 0.275. The highest BCUT2D eigenvalue weighted by Gasteiger charge is 2.28. The van der Waals surface area contributed by atoms with Gasteiger partial charge in [0.2, 0.25) is 0 Å². The molecule has 3 heteroatoms. The molecule has 14 heavy (non-hydrogen) atoms. The van der Waals surface area contributed by atoms with Gasteiger partial charge in [0, 0.05) is 6.04 Å². The summed E-state index contributed by atoms with van der Waals surface area (Å²) < 4.78 is 5.77. The quantitative estimate of drug-likeness (QED) is 0.402. The van der Waals surface area contributed by atoms with Gasteiger partial charge >= 0.3 is 0 Å². The first-order chi connectivity index (χ1) is 6.63. The Kier molecular flexibility index (Phi) is 4.58. The van der Waals surface area contributed by atoms with Gasteiger partial charge in [-0.25, -0.2) is 0 Å². The summed E-state index contributed by atoms with van der Waals surface area (Å²) in [6.45, 7) is 8.06. The molecular formula is C11H22N2O. The molecule has 1 aliphatic rings. The van der Waals surface area contributed by atoms with Gasteiger partial charge in [-0.2, -0.15) is 0 Å². The van der Waals surface area contributed by atoms with Crippen LogP contribution in [0, 0.1) is 0 Å². The summed E-state index contributed by atoms with van der Waals surface area (Å²) in [5.74, 6) is 5.52. The number of allylic oxidation sites excluding steroid dienone is 1. The fraction of sp³-hybridized carbons (Fsp3) is 0.818. The topological polar surface area (TPSA) is 47.3 Å². The fourth-order valence-electron chi connectivity index (χ4n) is 1.91. The predicted octanol–water partition coefficient (Wildman–Crippen LogP) is 1.74. The molecule has 1 saturated heterocycles. The molecule has 3 unspecified atom stereocenters. The van der Waals surface area contributed by atoms with E-state index in [2.05, 4.69) is 18.9 Å². The van der Waals surface area contributed by atoms with E-state index in [-0.39, 0.29) is 12.1 Å². The number of rotatable bonds is 5. The lowest BCUT2D eigenvalue weighted by Gasteiger charge is -2.22. The van der Waals surface area contributed by atoms with E-state index >= 15 is 0 Å². The average molecular weight is 198 g/mol. The number of nitrogens with one attached hydrogen (secondary N) is 1. The lowest BCUT2D eigenvalue weighted by Crippen LogP contribution is -2.44. The van der Waals surface area contributed by atoms with Crippen LogP contribution >= 0.6 is 0 Å². The molecule has 0 aliphatic carbocycles. The second-order valence-electron chi connectivity index (χ2n) is 4.33. The Morgan fingerprint density at radius 3 is 2.79 bits per heavy atom. The average Bonchev–Trinajstić information content (AvgIpc) is 2.53. The predicted molar refractivity (Wildman–Crippen MR) is 58.7 cm³/mol. The maximum Gasteiger partial charge on any atom is 0.0746 e. The highest BCUT2D eigenvalue weighted by atomic mass is 16.5. The van der Waals surface area contributed by atoms with Crippen molar-refractivity contribution < 1.29 is 4.74 Å². The monoisotopic (exact) mass is 198 g/mol. The molecule has 0 amide bonds. The molecule has 0 radical (unpaired) electrons. The van der Waals surface area contributed by atoms with Crippen LogP contribution in [0.5, 0.6) is 0 Å². The second-order valence-corrected chi connectivity index (χ2v) is 4.33. The summed E-state index contributed by atoms with van der Waals surface area (Å²) >= 11 is 0. The van der Waals surface area contributed by atoms with E-state index in [4.69, 9.17) is 10.6 Å². The minimum atomic E-state index is 0.275. The minimum absolute atomic E-state index is 0.275. The Balaban J connectivity index is 2.34. The van der Waals surface area contributed by atoms with E-state index in [1.807, 2.05) is 6.92 Å². The van der Waals surface area contributed by atoms with Crippen LogP contribution in [0.4, 0.5) is 0 Å². The normalized spacial score (nSPS) is 29.1. The SMILES string of the molecule is C=C(C)CCC(NN)C1CCC(C)O1. The van der Waals surface area contributed by atoms with Gasteiger partial charge in [0.15, 0.2) is 0 Å². The third kappa shape index (κ3) is 3.40. The fourth-order valence-corrected chi connectivity index (χ4v) is 1.91. The molecule has 0 bridgehead atoms. The van der Waals surface area contributed by atoms with Crippen molar-refractivity contribution in [2.75, 3.05) is 0 Å². The molecule has 0 saturated carbocycles. The molecule has 3 atom stereocenters. The van der Waals surface area contributed by atoms with Gasteiger partial charge in [0.1, 0.15) is 0 Å². The van der Waals surface area contributed by atoms with Crippen LogP contribution in [-0.2, 0) is 4.74 Å². The van der Waals surface area contributed by atoms with Crippen LogP contribution < -0.4 is 11.3 Å². The highest BCUT2D eigenvalue weighted by molar-refractivity contribution is 4.91. The van der Waals surface area contributed by atoms with Gasteiger partial charge in [-0.15, -0.1) is 6.58 Å². The van der Waals surface area contributed by atoms with Crippen LogP contribution in [0.2, 0.25) is 0 Å². The number of hydrogen-bond acceptors (Lipinski definition) is 3. The van der Waals surface area contributed by atoms with Crippen LogP contribution in [-0.4, -0.2) is 18.2 Å². The Hall–Kier alpha value is -0.380. The summed E-state index contributed by atoms with van der Waals surface area (Å²) in [7, 11) is 0. The standard InChI is InChI=1S/C11H22N2O/c1-8(2)4-6-10(13-12)11-7-5-9(3)14-11/h9-11,13H,1,4-7,12H2,2-3H3. The molecule has 0 aromatic rings. The molecule has 1 rings (SSSR count). The van der Waals surface area contributed by atoms with E-state index in [1.54, 1.807) is 0 Å². The molecule has 82 valence electrons. The van der Waals surface area contributed by atoms with Crippen molar-refractivity contribution in [1.82, 2.24) is 5.43 Å². The first-order valence-corrected chi connectivity index (χ1v) is 5.39. The van der Waals surface area contributed by atoms with E-state index in [9.17, 15) is 0 Å². The van der Waals surface area contributed by atoms with Crippen molar-refractivity contribution in [1.29, 1.82) is 0 Å². The van der Waals surface area contributed by atoms with E-state index in [1.165, 1.54) is 5.57 Å². The Morgan fingerprint density at radius 1 is 1.64 bits per heavy atom. The van der Waals surface area contributed by atoms with E-state index in [0.717, 1.165) is 25.7 Å². The highest BCUT2D eigenvalue weighted by Crippen LogP contribution is 2.23. The Labute approximate surface area is 86.7 Å². The maximum atomic E-state index is 5.77. The van der Waals surface area contributed by atoms with Gasteiger partial charge in [0.05, 0.1) is 12.2 Å². The number of ether oxygens (including phenoxy) is 1. The number of nitrogens with two attached hydrogens (primary N) is 1. The van der Waals surface area contributed by atoms with Crippen molar-refractivity contribution in [2.45, 2.75) is 57.8 Å². The van der Waals surface area contributed by atoms with Crippen LogP contribution in [0.1, 0.15) is 39.5 Å². The maximum absolute atomic E-state index is 5.77. The van der Waals surface area contributed by atoms with Gasteiger partial charge in [0.25, 0.3) is 0 Å². The molecule has 0 aromatic heterocycles. The first kappa shape index (κ1) is 11.7. The van der Waals surface area contributed by atoms with Crippen molar-refractivity contribution in [2.24, 2.45) is 5.84 Å². The number of hydrogen-bond donors (Lipinski definition) is 2. The van der Waals surface area contributed by atoms with Crippen LogP contribution in [0.15, 0.2) is 12.2 Å². The summed E-state index contributed by atoms with van der Waals surface area (Å²) in [5.41, 5.74) is 4.06. The number of hydrazine groups is 1. The smallest absolute Gasteiger partial charge is 0.0746 e. The van der Waals surface area contributed by atoms with E-state index < -0.39 is 0 Å². The Morgan fingerprint density at radius 2 is 2.36 bits per heavy atom. The van der Waals surface area contributed by atoms with Gasteiger partial charge in [-0.1, -0.05) is 5.57 Å². The molecule has 1 fully saturated rings.